The molecule has 4 heteroatoms. The van der Waals surface area contributed by atoms with Crippen molar-refractivity contribution >= 4 is 34.2 Å². The Labute approximate surface area is 96.2 Å². The minimum absolute atomic E-state index is 0.416. The third-order valence-electron chi connectivity index (χ3n) is 1.85. The third-order valence-corrected chi connectivity index (χ3v) is 3.12. The number of nitrogens with two attached hydrogens (primary N) is 1. The summed E-state index contributed by atoms with van der Waals surface area (Å²) in [5.41, 5.74) is 6.62. The first-order valence-corrected chi connectivity index (χ1v) is 5.37. The van der Waals surface area contributed by atoms with Gasteiger partial charge in [0.1, 0.15) is 0 Å². The summed E-state index contributed by atoms with van der Waals surface area (Å²) in [5, 5.41) is 9.95. The number of rotatable bonds is 2. The van der Waals surface area contributed by atoms with Crippen molar-refractivity contribution in [1.29, 1.82) is 0 Å². The lowest BCUT2D eigenvalue weighted by Crippen LogP contribution is -2.24. The van der Waals surface area contributed by atoms with Crippen LogP contribution in [0.25, 0.3) is 0 Å². The van der Waals surface area contributed by atoms with E-state index < -0.39 is 12.1 Å². The Bertz CT molecular complexity index is 283. The van der Waals surface area contributed by atoms with Crippen LogP contribution in [0.5, 0.6) is 0 Å². The average Bonchev–Trinajstić information content (AvgIpc) is 2.03. The lowest BCUT2D eigenvalue weighted by atomic mass is 10.0. The summed E-state index contributed by atoms with van der Waals surface area (Å²) in [5.74, 6) is 0. The fourth-order valence-electron chi connectivity index (χ4n) is 1.07. The first-order chi connectivity index (χ1) is 6.04. The van der Waals surface area contributed by atoms with Crippen LogP contribution in [0.4, 0.5) is 0 Å². The molecule has 13 heavy (non-hydrogen) atoms. The van der Waals surface area contributed by atoms with Crippen LogP contribution in [0.3, 0.4) is 0 Å². The molecule has 0 bridgehead atoms. The SMILES string of the molecule is C[C@@H](O)[C@H](N)c1c(Cl)cccc1I. The minimum Gasteiger partial charge on any atom is -0.391 e. The van der Waals surface area contributed by atoms with E-state index >= 15 is 0 Å². The second-order valence-electron chi connectivity index (χ2n) is 2.90. The van der Waals surface area contributed by atoms with E-state index in [0.29, 0.717) is 5.02 Å². The van der Waals surface area contributed by atoms with Crippen molar-refractivity contribution < 1.29 is 5.11 Å². The van der Waals surface area contributed by atoms with Gasteiger partial charge in [-0.1, -0.05) is 17.7 Å². The second-order valence-corrected chi connectivity index (χ2v) is 4.47. The Kier molecular flexibility index (Phi) is 3.97. The number of hydrogen-bond acceptors (Lipinski definition) is 2. The molecule has 0 radical (unpaired) electrons. The standard InChI is InChI=1S/C9H11ClINO/c1-5(13)9(12)8-6(10)3-2-4-7(8)11/h2-5,9,13H,12H2,1H3/t5-,9+/m1/s1. The lowest BCUT2D eigenvalue weighted by molar-refractivity contribution is 0.164. The van der Waals surface area contributed by atoms with Gasteiger partial charge in [-0.15, -0.1) is 0 Å². The highest BCUT2D eigenvalue weighted by Gasteiger charge is 2.17. The molecule has 1 rings (SSSR count). The first-order valence-electron chi connectivity index (χ1n) is 3.91. The summed E-state index contributed by atoms with van der Waals surface area (Å²) in [7, 11) is 0. The quantitative estimate of drug-likeness (QED) is 0.824. The second kappa shape index (κ2) is 4.59. The molecule has 0 heterocycles. The largest absolute Gasteiger partial charge is 0.391 e. The van der Waals surface area contributed by atoms with E-state index in [1.165, 1.54) is 0 Å². The zero-order valence-electron chi connectivity index (χ0n) is 7.17. The van der Waals surface area contributed by atoms with E-state index in [0.717, 1.165) is 9.13 Å². The summed E-state index contributed by atoms with van der Waals surface area (Å²) in [6.45, 7) is 1.66. The van der Waals surface area contributed by atoms with E-state index in [2.05, 4.69) is 22.6 Å². The molecule has 0 unspecified atom stereocenters. The van der Waals surface area contributed by atoms with Gasteiger partial charge in [0.05, 0.1) is 12.1 Å². The number of aliphatic hydroxyl groups excluding tert-OH is 1. The average molecular weight is 312 g/mol. The van der Waals surface area contributed by atoms with Crippen molar-refractivity contribution in [2.75, 3.05) is 0 Å². The Morgan fingerprint density at radius 1 is 1.54 bits per heavy atom. The number of benzene rings is 1. The molecule has 0 aliphatic heterocycles. The lowest BCUT2D eigenvalue weighted by Gasteiger charge is -2.17. The Morgan fingerprint density at radius 3 is 2.62 bits per heavy atom. The predicted octanol–water partition coefficient (Wildman–Crippen LogP) is 2.33. The smallest absolute Gasteiger partial charge is 0.0705 e. The highest BCUT2D eigenvalue weighted by molar-refractivity contribution is 14.1. The Morgan fingerprint density at radius 2 is 2.15 bits per heavy atom. The van der Waals surface area contributed by atoms with E-state index in [1.807, 2.05) is 12.1 Å². The fourth-order valence-corrected chi connectivity index (χ4v) is 2.39. The molecule has 1 aromatic rings. The van der Waals surface area contributed by atoms with Crippen LogP contribution in [0.2, 0.25) is 5.02 Å². The van der Waals surface area contributed by atoms with Crippen LogP contribution >= 0.6 is 34.2 Å². The van der Waals surface area contributed by atoms with E-state index in [9.17, 15) is 5.11 Å². The van der Waals surface area contributed by atoms with Gasteiger partial charge in [-0.25, -0.2) is 0 Å². The Hall–Kier alpha value is 0.160. The first kappa shape index (κ1) is 11.2. The molecule has 2 nitrogen and oxygen atoms in total. The molecule has 0 saturated carbocycles. The molecule has 3 N–H and O–H groups in total. The Balaban J connectivity index is 3.12. The van der Waals surface area contributed by atoms with Crippen LogP contribution in [0, 0.1) is 3.57 Å². The third kappa shape index (κ3) is 2.56. The van der Waals surface area contributed by atoms with Gasteiger partial charge in [-0.2, -0.15) is 0 Å². The summed E-state index contributed by atoms with van der Waals surface area (Å²) in [6.07, 6.45) is -0.589. The number of hydrogen-bond donors (Lipinski definition) is 2. The van der Waals surface area contributed by atoms with Gasteiger partial charge in [-0.05, 0) is 41.6 Å². The van der Waals surface area contributed by atoms with Crippen molar-refractivity contribution in [2.45, 2.75) is 19.1 Å². The zero-order chi connectivity index (χ0) is 10.0. The van der Waals surface area contributed by atoms with E-state index in [1.54, 1.807) is 13.0 Å². The maximum Gasteiger partial charge on any atom is 0.0705 e. The minimum atomic E-state index is -0.589. The maximum absolute atomic E-state index is 9.34. The maximum atomic E-state index is 9.34. The van der Waals surface area contributed by atoms with Crippen LogP contribution in [-0.2, 0) is 0 Å². The fraction of sp³-hybridized carbons (Fsp3) is 0.333. The van der Waals surface area contributed by atoms with Gasteiger partial charge in [0, 0.05) is 14.2 Å². The normalized spacial score (nSPS) is 15.5. The van der Waals surface area contributed by atoms with Crippen molar-refractivity contribution in [2.24, 2.45) is 5.73 Å². The molecule has 0 aromatic heterocycles. The molecular formula is C9H11ClINO. The van der Waals surface area contributed by atoms with Crippen LogP contribution < -0.4 is 5.73 Å². The molecule has 0 aliphatic carbocycles. The molecule has 0 aliphatic rings. The molecular weight excluding hydrogens is 300 g/mol. The van der Waals surface area contributed by atoms with Crippen molar-refractivity contribution in [3.63, 3.8) is 0 Å². The van der Waals surface area contributed by atoms with Gasteiger partial charge in [0.15, 0.2) is 0 Å². The molecule has 0 amide bonds. The van der Waals surface area contributed by atoms with Crippen LogP contribution in [-0.4, -0.2) is 11.2 Å². The predicted molar refractivity (Wildman–Crippen MR) is 62.8 cm³/mol. The molecule has 0 saturated heterocycles. The van der Waals surface area contributed by atoms with Gasteiger partial charge in [0.2, 0.25) is 0 Å². The topological polar surface area (TPSA) is 46.2 Å². The van der Waals surface area contributed by atoms with E-state index in [4.69, 9.17) is 17.3 Å². The summed E-state index contributed by atoms with van der Waals surface area (Å²) in [6, 6.07) is 5.15. The molecule has 0 spiro atoms. The number of aliphatic hydroxyl groups is 1. The summed E-state index contributed by atoms with van der Waals surface area (Å²) >= 11 is 8.13. The van der Waals surface area contributed by atoms with Gasteiger partial charge in [-0.3, -0.25) is 0 Å². The van der Waals surface area contributed by atoms with Crippen molar-refractivity contribution in [3.8, 4) is 0 Å². The molecule has 1 aromatic carbocycles. The van der Waals surface area contributed by atoms with Crippen molar-refractivity contribution in [3.05, 3.63) is 32.4 Å². The number of halogens is 2. The molecule has 0 fully saturated rings. The molecule has 2 atom stereocenters. The molecule has 72 valence electrons. The zero-order valence-corrected chi connectivity index (χ0v) is 10.1. The monoisotopic (exact) mass is 311 g/mol. The summed E-state index contributed by atoms with van der Waals surface area (Å²) in [4.78, 5) is 0. The van der Waals surface area contributed by atoms with Gasteiger partial charge in [0.25, 0.3) is 0 Å². The van der Waals surface area contributed by atoms with Gasteiger partial charge >= 0.3 is 0 Å². The van der Waals surface area contributed by atoms with Gasteiger partial charge < -0.3 is 10.8 Å². The highest BCUT2D eigenvalue weighted by Crippen LogP contribution is 2.28. The van der Waals surface area contributed by atoms with Crippen LogP contribution in [0.1, 0.15) is 18.5 Å². The highest BCUT2D eigenvalue weighted by atomic mass is 127. The van der Waals surface area contributed by atoms with E-state index in [-0.39, 0.29) is 0 Å². The van der Waals surface area contributed by atoms with Crippen LogP contribution in [0.15, 0.2) is 18.2 Å². The summed E-state index contributed by atoms with van der Waals surface area (Å²) < 4.78 is 0.985. The van der Waals surface area contributed by atoms with Crippen molar-refractivity contribution in [1.82, 2.24) is 0 Å².